The Hall–Kier alpha value is -2.95. The van der Waals surface area contributed by atoms with Gasteiger partial charge in [0.15, 0.2) is 0 Å². The quantitative estimate of drug-likeness (QED) is 0.530. The zero-order valence-corrected chi connectivity index (χ0v) is 17.4. The zero-order valence-electron chi connectivity index (χ0n) is 16.6. The van der Waals surface area contributed by atoms with Gasteiger partial charge in [-0.1, -0.05) is 12.1 Å². The molecule has 2 aromatic heterocycles. The number of nitrogens with zero attached hydrogens (tertiary/aromatic N) is 2. The molecule has 158 valence electrons. The molecule has 3 aromatic rings. The number of ether oxygens (including phenoxy) is 2. The first-order valence-electron chi connectivity index (χ1n) is 9.66. The molecule has 0 atom stereocenters. The van der Waals surface area contributed by atoms with Gasteiger partial charge in [0.05, 0.1) is 36.2 Å². The average Bonchev–Trinajstić information content (AvgIpc) is 3.36. The summed E-state index contributed by atoms with van der Waals surface area (Å²) in [7, 11) is 1.52. The van der Waals surface area contributed by atoms with Crippen LogP contribution in [0.3, 0.4) is 0 Å². The molecule has 1 saturated heterocycles. The van der Waals surface area contributed by atoms with E-state index in [1.807, 2.05) is 0 Å². The molecule has 1 aliphatic rings. The maximum Gasteiger partial charge on any atom is 0.261 e. The standard InChI is InChI=1S/C20H23N5O4S/c1-28-15-5-3-2-4-13(15)18(26)22-17-14-12-16(30-20(14)24-23-17)19(27)21-6-7-25-8-10-29-11-9-25/h2-5,12H,6-11H2,1H3,(H,21,27)(H2,22,23,24,26). The minimum Gasteiger partial charge on any atom is -0.496 e. The van der Waals surface area contributed by atoms with Gasteiger partial charge >= 0.3 is 0 Å². The number of H-pyrrole nitrogens is 1. The second-order valence-electron chi connectivity index (χ2n) is 6.79. The van der Waals surface area contributed by atoms with Gasteiger partial charge in [-0.25, -0.2) is 0 Å². The van der Waals surface area contributed by atoms with E-state index < -0.39 is 0 Å². The number of nitrogens with one attached hydrogen (secondary N) is 3. The van der Waals surface area contributed by atoms with Crippen molar-refractivity contribution in [3.63, 3.8) is 0 Å². The highest BCUT2D eigenvalue weighted by atomic mass is 32.1. The van der Waals surface area contributed by atoms with Crippen molar-refractivity contribution in [2.24, 2.45) is 0 Å². The second-order valence-corrected chi connectivity index (χ2v) is 7.82. The average molecular weight is 430 g/mol. The number of rotatable bonds is 7. The fourth-order valence-corrected chi connectivity index (χ4v) is 4.18. The molecule has 30 heavy (non-hydrogen) atoms. The van der Waals surface area contributed by atoms with Crippen LogP contribution in [0, 0.1) is 0 Å². The molecule has 1 aromatic carbocycles. The SMILES string of the molecule is COc1ccccc1C(=O)Nc1[nH]nc2sc(C(=O)NCCN3CCOCC3)cc12. The summed E-state index contributed by atoms with van der Waals surface area (Å²) in [6.45, 7) is 4.60. The third-order valence-corrected chi connectivity index (χ3v) is 5.91. The van der Waals surface area contributed by atoms with Crippen molar-refractivity contribution in [3.05, 3.63) is 40.8 Å². The van der Waals surface area contributed by atoms with Crippen molar-refractivity contribution in [1.29, 1.82) is 0 Å². The molecule has 0 spiro atoms. The van der Waals surface area contributed by atoms with E-state index in [0.717, 1.165) is 32.8 Å². The molecule has 1 aliphatic heterocycles. The Balaban J connectivity index is 1.40. The molecule has 2 amide bonds. The number of morpholine rings is 1. The van der Waals surface area contributed by atoms with Crippen molar-refractivity contribution >= 4 is 39.2 Å². The monoisotopic (exact) mass is 429 g/mol. The van der Waals surface area contributed by atoms with E-state index in [1.54, 1.807) is 30.3 Å². The Morgan fingerprint density at radius 1 is 1.27 bits per heavy atom. The summed E-state index contributed by atoms with van der Waals surface area (Å²) in [4.78, 5) is 28.6. The van der Waals surface area contributed by atoms with Gasteiger partial charge in [-0.05, 0) is 18.2 Å². The molecule has 0 bridgehead atoms. The van der Waals surface area contributed by atoms with Crippen LogP contribution >= 0.6 is 11.3 Å². The van der Waals surface area contributed by atoms with Crippen LogP contribution < -0.4 is 15.4 Å². The van der Waals surface area contributed by atoms with Crippen molar-refractivity contribution in [3.8, 4) is 5.75 Å². The largest absolute Gasteiger partial charge is 0.496 e. The molecule has 3 N–H and O–H groups in total. The molecule has 0 unspecified atom stereocenters. The predicted octanol–water partition coefficient (Wildman–Crippen LogP) is 1.95. The first kappa shape index (κ1) is 20.3. The Labute approximate surface area is 177 Å². The molecule has 9 nitrogen and oxygen atoms in total. The number of aromatic amines is 1. The number of anilines is 1. The number of hydrogen-bond acceptors (Lipinski definition) is 7. The fraction of sp³-hybridized carbons (Fsp3) is 0.350. The Bertz CT molecular complexity index is 1040. The highest BCUT2D eigenvalue weighted by Crippen LogP contribution is 2.30. The minimum atomic E-state index is -0.319. The lowest BCUT2D eigenvalue weighted by molar-refractivity contribution is 0.0383. The number of methoxy groups -OCH3 is 1. The van der Waals surface area contributed by atoms with Crippen molar-refractivity contribution in [2.75, 3.05) is 51.8 Å². The molecule has 10 heteroatoms. The number of hydrogen-bond donors (Lipinski definition) is 3. The predicted molar refractivity (Wildman–Crippen MR) is 115 cm³/mol. The summed E-state index contributed by atoms with van der Waals surface area (Å²) in [5, 5.41) is 13.5. The number of carbonyl (C=O) groups is 2. The first-order valence-corrected chi connectivity index (χ1v) is 10.5. The highest BCUT2D eigenvalue weighted by Gasteiger charge is 2.18. The maximum atomic E-state index is 12.6. The number of benzene rings is 1. The summed E-state index contributed by atoms with van der Waals surface area (Å²) in [5.74, 6) is 0.468. The maximum absolute atomic E-state index is 12.6. The number of fused-ring (bicyclic) bond motifs is 1. The van der Waals surface area contributed by atoms with Gasteiger partial charge in [0.2, 0.25) is 0 Å². The lowest BCUT2D eigenvalue weighted by Gasteiger charge is -2.26. The van der Waals surface area contributed by atoms with Gasteiger partial charge in [-0.2, -0.15) is 5.10 Å². The molecular weight excluding hydrogens is 406 g/mol. The van der Waals surface area contributed by atoms with Crippen molar-refractivity contribution in [2.45, 2.75) is 0 Å². The number of carbonyl (C=O) groups excluding carboxylic acids is 2. The zero-order chi connectivity index (χ0) is 20.9. The molecule has 0 radical (unpaired) electrons. The van der Waals surface area contributed by atoms with Crippen LogP contribution in [-0.2, 0) is 4.74 Å². The summed E-state index contributed by atoms with van der Waals surface area (Å²) >= 11 is 1.28. The Morgan fingerprint density at radius 3 is 2.87 bits per heavy atom. The van der Waals surface area contributed by atoms with Gasteiger partial charge in [0, 0.05) is 26.2 Å². The topological polar surface area (TPSA) is 109 Å². The number of thiophene rings is 1. The summed E-state index contributed by atoms with van der Waals surface area (Å²) in [5.41, 5.74) is 0.416. The third kappa shape index (κ3) is 4.45. The normalized spacial score (nSPS) is 14.6. The van der Waals surface area contributed by atoms with Gasteiger partial charge < -0.3 is 20.1 Å². The lowest BCUT2D eigenvalue weighted by Crippen LogP contribution is -2.41. The smallest absolute Gasteiger partial charge is 0.261 e. The molecule has 3 heterocycles. The summed E-state index contributed by atoms with van der Waals surface area (Å²) < 4.78 is 10.6. The highest BCUT2D eigenvalue weighted by molar-refractivity contribution is 7.20. The van der Waals surface area contributed by atoms with Crippen LogP contribution in [0.2, 0.25) is 0 Å². The molecule has 4 rings (SSSR count). The van der Waals surface area contributed by atoms with E-state index in [1.165, 1.54) is 18.4 Å². The van der Waals surface area contributed by atoms with Crippen LogP contribution in [0.5, 0.6) is 5.75 Å². The van der Waals surface area contributed by atoms with Crippen molar-refractivity contribution < 1.29 is 19.1 Å². The second kappa shape index (κ2) is 9.24. The van der Waals surface area contributed by atoms with E-state index in [4.69, 9.17) is 9.47 Å². The van der Waals surface area contributed by atoms with Gasteiger partial charge in [-0.15, -0.1) is 11.3 Å². The van der Waals surface area contributed by atoms with Crippen molar-refractivity contribution in [1.82, 2.24) is 20.4 Å². The van der Waals surface area contributed by atoms with Gasteiger partial charge in [0.1, 0.15) is 16.4 Å². The molecule has 0 aliphatic carbocycles. The van der Waals surface area contributed by atoms with Gasteiger partial charge in [-0.3, -0.25) is 19.6 Å². The van der Waals surface area contributed by atoms with E-state index in [2.05, 4.69) is 25.7 Å². The van der Waals surface area contributed by atoms with Crippen LogP contribution in [-0.4, -0.2) is 73.4 Å². The summed E-state index contributed by atoms with van der Waals surface area (Å²) in [6, 6.07) is 8.71. The number of aromatic nitrogens is 2. The van der Waals surface area contributed by atoms with E-state index >= 15 is 0 Å². The third-order valence-electron chi connectivity index (χ3n) is 4.88. The first-order chi connectivity index (χ1) is 14.7. The van der Waals surface area contributed by atoms with E-state index in [-0.39, 0.29) is 11.8 Å². The number of para-hydroxylation sites is 1. The van der Waals surface area contributed by atoms with Gasteiger partial charge in [0.25, 0.3) is 11.8 Å². The fourth-order valence-electron chi connectivity index (χ4n) is 3.27. The molecular formula is C20H23N5O4S. The van der Waals surface area contributed by atoms with Crippen LogP contribution in [0.25, 0.3) is 10.2 Å². The molecule has 1 fully saturated rings. The van der Waals surface area contributed by atoms with E-state index in [9.17, 15) is 9.59 Å². The number of amides is 2. The van der Waals surface area contributed by atoms with Crippen LogP contribution in [0.4, 0.5) is 5.82 Å². The minimum absolute atomic E-state index is 0.145. The Morgan fingerprint density at radius 2 is 2.07 bits per heavy atom. The summed E-state index contributed by atoms with van der Waals surface area (Å²) in [6.07, 6.45) is 0. The van der Waals surface area contributed by atoms with Crippen LogP contribution in [0.15, 0.2) is 30.3 Å². The lowest BCUT2D eigenvalue weighted by atomic mass is 10.2. The Kier molecular flexibility index (Phi) is 6.26. The van der Waals surface area contributed by atoms with Crippen LogP contribution in [0.1, 0.15) is 20.0 Å². The van der Waals surface area contributed by atoms with E-state index in [0.29, 0.717) is 38.8 Å². The molecule has 0 saturated carbocycles.